The molecule has 114 valence electrons. The fourth-order valence-corrected chi connectivity index (χ4v) is 2.03. The fourth-order valence-electron chi connectivity index (χ4n) is 1.91. The van der Waals surface area contributed by atoms with E-state index in [4.69, 9.17) is 20.8 Å². The molecule has 1 aromatic carbocycles. The smallest absolute Gasteiger partial charge is 0.120 e. The average Bonchev–Trinajstić information content (AvgIpc) is 3.00. The van der Waals surface area contributed by atoms with Crippen molar-refractivity contribution >= 4 is 11.6 Å². The second kappa shape index (κ2) is 7.50. The maximum absolute atomic E-state index is 9.94. The number of hydrogen-bond acceptors (Lipinski definition) is 4. The molecule has 0 saturated carbocycles. The molecule has 2 N–H and O–H groups in total. The Kier molecular flexibility index (Phi) is 5.67. The van der Waals surface area contributed by atoms with E-state index in [0.29, 0.717) is 17.3 Å². The van der Waals surface area contributed by atoms with Gasteiger partial charge in [-0.05, 0) is 49.7 Å². The minimum atomic E-state index is -0.599. The van der Waals surface area contributed by atoms with Gasteiger partial charge in [-0.25, -0.2) is 0 Å². The number of aliphatic hydroxyl groups excluding tert-OH is 1. The molecule has 1 aromatic heterocycles. The van der Waals surface area contributed by atoms with Gasteiger partial charge in [-0.2, -0.15) is 0 Å². The number of ether oxygens (including phenoxy) is 1. The zero-order valence-corrected chi connectivity index (χ0v) is 12.9. The molecule has 0 spiro atoms. The molecule has 0 amide bonds. The van der Waals surface area contributed by atoms with Crippen LogP contribution in [0.15, 0.2) is 41.0 Å². The topological polar surface area (TPSA) is 54.6 Å². The predicted octanol–water partition coefficient (Wildman–Crippen LogP) is 3.33. The lowest BCUT2D eigenvalue weighted by Gasteiger charge is -2.16. The van der Waals surface area contributed by atoms with Gasteiger partial charge in [0.25, 0.3) is 0 Å². The van der Waals surface area contributed by atoms with Crippen LogP contribution in [0.2, 0.25) is 5.02 Å². The first kappa shape index (κ1) is 15.9. The summed E-state index contributed by atoms with van der Waals surface area (Å²) in [5.41, 5.74) is 0.952. The van der Waals surface area contributed by atoms with Crippen molar-refractivity contribution in [1.82, 2.24) is 5.32 Å². The Bertz CT molecular complexity index is 557. The highest BCUT2D eigenvalue weighted by Crippen LogP contribution is 2.21. The lowest BCUT2D eigenvalue weighted by Crippen LogP contribution is -2.32. The van der Waals surface area contributed by atoms with Crippen molar-refractivity contribution in [3.63, 3.8) is 0 Å². The minimum absolute atomic E-state index is 0.0485. The number of benzene rings is 1. The molecule has 4 nitrogen and oxygen atoms in total. The Balaban J connectivity index is 1.74. The summed E-state index contributed by atoms with van der Waals surface area (Å²) in [4.78, 5) is 0. The molecule has 2 atom stereocenters. The number of hydrogen-bond donors (Lipinski definition) is 2. The van der Waals surface area contributed by atoms with Crippen LogP contribution in [-0.4, -0.2) is 24.4 Å². The van der Waals surface area contributed by atoms with Gasteiger partial charge in [0.05, 0.1) is 12.3 Å². The Morgan fingerprint density at radius 1 is 1.38 bits per heavy atom. The summed E-state index contributed by atoms with van der Waals surface area (Å²) in [6.07, 6.45) is 1.04. The molecule has 1 heterocycles. The Labute approximate surface area is 129 Å². The molecule has 5 heteroatoms. The van der Waals surface area contributed by atoms with Crippen LogP contribution in [0.3, 0.4) is 0 Å². The first-order valence-electron chi connectivity index (χ1n) is 6.90. The molecule has 0 aliphatic heterocycles. The largest absolute Gasteiger partial charge is 0.491 e. The molecular weight excluding hydrogens is 290 g/mol. The van der Waals surface area contributed by atoms with E-state index in [0.717, 1.165) is 11.3 Å². The standard InChI is InChI=1S/C16H20ClNO3/c1-11-8-14(5-6-15(11)17)21-10-13(19)9-18-12(2)16-4-3-7-20-16/h3-8,12-13,18-19H,9-10H2,1-2H3/t12-,13?/m0/s1. The highest BCUT2D eigenvalue weighted by atomic mass is 35.5. The van der Waals surface area contributed by atoms with Gasteiger partial charge < -0.3 is 19.6 Å². The van der Waals surface area contributed by atoms with E-state index in [1.807, 2.05) is 32.0 Å². The summed E-state index contributed by atoms with van der Waals surface area (Å²) < 4.78 is 10.8. The van der Waals surface area contributed by atoms with Crippen molar-refractivity contribution in [3.05, 3.63) is 52.9 Å². The van der Waals surface area contributed by atoms with Gasteiger partial charge in [0, 0.05) is 11.6 Å². The first-order valence-corrected chi connectivity index (χ1v) is 7.28. The van der Waals surface area contributed by atoms with E-state index in [-0.39, 0.29) is 12.6 Å². The van der Waals surface area contributed by atoms with Crippen molar-refractivity contribution < 1.29 is 14.3 Å². The highest BCUT2D eigenvalue weighted by molar-refractivity contribution is 6.31. The second-order valence-electron chi connectivity index (χ2n) is 5.02. The van der Waals surface area contributed by atoms with Gasteiger partial charge in [0.15, 0.2) is 0 Å². The van der Waals surface area contributed by atoms with Crippen LogP contribution in [0, 0.1) is 6.92 Å². The van der Waals surface area contributed by atoms with Crippen molar-refractivity contribution in [3.8, 4) is 5.75 Å². The number of aliphatic hydroxyl groups is 1. The van der Waals surface area contributed by atoms with Crippen LogP contribution in [0.25, 0.3) is 0 Å². The number of furan rings is 1. The molecule has 0 aliphatic carbocycles. The summed E-state index contributed by atoms with van der Waals surface area (Å²) in [7, 11) is 0. The van der Waals surface area contributed by atoms with E-state index in [1.165, 1.54) is 0 Å². The van der Waals surface area contributed by atoms with Gasteiger partial charge in [-0.1, -0.05) is 11.6 Å². The van der Waals surface area contributed by atoms with Crippen molar-refractivity contribution in [2.45, 2.75) is 26.0 Å². The lowest BCUT2D eigenvalue weighted by atomic mass is 10.2. The highest BCUT2D eigenvalue weighted by Gasteiger charge is 2.11. The summed E-state index contributed by atoms with van der Waals surface area (Å²) in [5.74, 6) is 1.55. The molecule has 0 bridgehead atoms. The zero-order valence-electron chi connectivity index (χ0n) is 12.2. The van der Waals surface area contributed by atoms with Crippen molar-refractivity contribution in [1.29, 1.82) is 0 Å². The predicted molar refractivity (Wildman–Crippen MR) is 82.8 cm³/mol. The molecular formula is C16H20ClNO3. The van der Waals surface area contributed by atoms with Crippen LogP contribution < -0.4 is 10.1 Å². The zero-order chi connectivity index (χ0) is 15.2. The molecule has 0 saturated heterocycles. The Morgan fingerprint density at radius 3 is 2.86 bits per heavy atom. The van der Waals surface area contributed by atoms with Gasteiger partial charge in [0.1, 0.15) is 24.2 Å². The van der Waals surface area contributed by atoms with Crippen LogP contribution in [0.5, 0.6) is 5.75 Å². The Morgan fingerprint density at radius 2 is 2.19 bits per heavy atom. The summed E-state index contributed by atoms with van der Waals surface area (Å²) in [6, 6.07) is 9.23. The van der Waals surface area contributed by atoms with E-state index < -0.39 is 6.10 Å². The first-order chi connectivity index (χ1) is 10.1. The molecule has 2 rings (SSSR count). The minimum Gasteiger partial charge on any atom is -0.491 e. The van der Waals surface area contributed by atoms with Crippen LogP contribution in [-0.2, 0) is 0 Å². The third kappa shape index (κ3) is 4.77. The average molecular weight is 310 g/mol. The SMILES string of the molecule is Cc1cc(OCC(O)CN[C@@H](C)c2ccco2)ccc1Cl. The van der Waals surface area contributed by atoms with Gasteiger partial charge in [-0.3, -0.25) is 0 Å². The Hall–Kier alpha value is -1.49. The van der Waals surface area contributed by atoms with Crippen LogP contribution >= 0.6 is 11.6 Å². The van der Waals surface area contributed by atoms with Gasteiger partial charge >= 0.3 is 0 Å². The molecule has 0 aliphatic rings. The molecule has 1 unspecified atom stereocenters. The normalized spacial score (nSPS) is 13.9. The van der Waals surface area contributed by atoms with Gasteiger partial charge in [-0.15, -0.1) is 0 Å². The van der Waals surface area contributed by atoms with Crippen LogP contribution in [0.1, 0.15) is 24.3 Å². The molecule has 21 heavy (non-hydrogen) atoms. The molecule has 0 fully saturated rings. The second-order valence-corrected chi connectivity index (χ2v) is 5.43. The maximum atomic E-state index is 9.94. The fraction of sp³-hybridized carbons (Fsp3) is 0.375. The van der Waals surface area contributed by atoms with Gasteiger partial charge in [0.2, 0.25) is 0 Å². The number of halogens is 1. The monoisotopic (exact) mass is 309 g/mol. The summed E-state index contributed by atoms with van der Waals surface area (Å²) in [6.45, 7) is 4.54. The van der Waals surface area contributed by atoms with Crippen LogP contribution in [0.4, 0.5) is 0 Å². The third-order valence-electron chi connectivity index (χ3n) is 3.20. The van der Waals surface area contributed by atoms with E-state index in [1.54, 1.807) is 18.4 Å². The summed E-state index contributed by atoms with van der Waals surface area (Å²) >= 11 is 5.95. The quantitative estimate of drug-likeness (QED) is 0.823. The molecule has 2 aromatic rings. The number of aryl methyl sites for hydroxylation is 1. The van der Waals surface area contributed by atoms with Crippen molar-refractivity contribution in [2.24, 2.45) is 0 Å². The lowest BCUT2D eigenvalue weighted by molar-refractivity contribution is 0.103. The summed E-state index contributed by atoms with van der Waals surface area (Å²) in [5, 5.41) is 13.8. The van der Waals surface area contributed by atoms with Crippen molar-refractivity contribution in [2.75, 3.05) is 13.2 Å². The number of nitrogens with one attached hydrogen (secondary N) is 1. The maximum Gasteiger partial charge on any atom is 0.120 e. The van der Waals surface area contributed by atoms with E-state index in [2.05, 4.69) is 5.32 Å². The van der Waals surface area contributed by atoms with E-state index in [9.17, 15) is 5.11 Å². The number of rotatable bonds is 7. The van der Waals surface area contributed by atoms with E-state index >= 15 is 0 Å². The molecule has 0 radical (unpaired) electrons. The third-order valence-corrected chi connectivity index (χ3v) is 3.63.